The van der Waals surface area contributed by atoms with E-state index in [-0.39, 0.29) is 35.7 Å². The molecule has 2 aromatic heterocycles. The standard InChI is InChI=1S/C20H19N3O4.Na/c24-19-9-18(27-23-19)17-10-22-20(11-21-17)26-16-7-13(8-16)12-1-3-14(4-2-12)25-15-5-6-15;/h1-4,9-11,13,15-16H,5-8H2,(H,23,24);/q;+1/p-1/t13-,16+;. The molecular weight excluding hydrogens is 369 g/mol. The van der Waals surface area contributed by atoms with Crippen molar-refractivity contribution in [2.75, 3.05) is 0 Å². The Morgan fingerprint density at radius 1 is 0.964 bits per heavy atom. The van der Waals surface area contributed by atoms with Gasteiger partial charge in [-0.25, -0.2) is 9.97 Å². The van der Waals surface area contributed by atoms with Gasteiger partial charge in [0.25, 0.3) is 0 Å². The Kier molecular flexibility index (Phi) is 5.57. The van der Waals surface area contributed by atoms with Crippen LogP contribution in [0.3, 0.4) is 0 Å². The molecule has 0 saturated heterocycles. The van der Waals surface area contributed by atoms with Gasteiger partial charge in [-0.15, -0.1) is 0 Å². The molecule has 0 atom stereocenters. The van der Waals surface area contributed by atoms with Crippen molar-refractivity contribution in [2.24, 2.45) is 0 Å². The van der Waals surface area contributed by atoms with E-state index >= 15 is 0 Å². The van der Waals surface area contributed by atoms with Gasteiger partial charge in [-0.1, -0.05) is 17.3 Å². The van der Waals surface area contributed by atoms with Crippen molar-refractivity contribution in [3.8, 4) is 29.0 Å². The van der Waals surface area contributed by atoms with Gasteiger partial charge >= 0.3 is 29.6 Å². The average molecular weight is 387 g/mol. The summed E-state index contributed by atoms with van der Waals surface area (Å²) in [4.78, 5) is 8.45. The van der Waals surface area contributed by atoms with E-state index in [0.717, 1.165) is 18.6 Å². The fourth-order valence-electron chi connectivity index (χ4n) is 3.19. The molecule has 1 aromatic carbocycles. The van der Waals surface area contributed by atoms with Crippen molar-refractivity contribution in [2.45, 2.75) is 43.8 Å². The van der Waals surface area contributed by atoms with E-state index in [1.807, 2.05) is 0 Å². The van der Waals surface area contributed by atoms with Gasteiger partial charge in [-0.3, -0.25) is 0 Å². The molecule has 7 nitrogen and oxygen atoms in total. The van der Waals surface area contributed by atoms with Crippen molar-refractivity contribution >= 4 is 0 Å². The van der Waals surface area contributed by atoms with Crippen LogP contribution in [-0.2, 0) is 0 Å². The smallest absolute Gasteiger partial charge is 0.856 e. The molecule has 3 aromatic rings. The number of rotatable bonds is 6. The third kappa shape index (κ3) is 4.32. The molecule has 2 aliphatic rings. The van der Waals surface area contributed by atoms with Crippen LogP contribution in [0.25, 0.3) is 11.5 Å². The summed E-state index contributed by atoms with van der Waals surface area (Å²) in [6.07, 6.45) is 7.87. The zero-order valence-corrected chi connectivity index (χ0v) is 17.6. The monoisotopic (exact) mass is 387 g/mol. The Morgan fingerprint density at radius 3 is 2.36 bits per heavy atom. The molecule has 2 saturated carbocycles. The molecule has 0 N–H and O–H groups in total. The number of ether oxygens (including phenoxy) is 2. The second-order valence-corrected chi connectivity index (χ2v) is 7.06. The summed E-state index contributed by atoms with van der Waals surface area (Å²) in [6, 6.07) is 9.69. The molecule has 2 fully saturated rings. The maximum Gasteiger partial charge on any atom is 1.00 e. The van der Waals surface area contributed by atoms with Crippen LogP contribution in [0.1, 0.15) is 37.2 Å². The van der Waals surface area contributed by atoms with E-state index in [0.29, 0.717) is 29.4 Å². The van der Waals surface area contributed by atoms with Crippen LogP contribution in [0, 0.1) is 0 Å². The van der Waals surface area contributed by atoms with E-state index in [1.54, 1.807) is 6.20 Å². The Hall–Kier alpha value is -2.09. The topological polar surface area (TPSA) is 93.3 Å². The summed E-state index contributed by atoms with van der Waals surface area (Å²) in [7, 11) is 0. The average Bonchev–Trinajstić information content (AvgIpc) is 3.37. The van der Waals surface area contributed by atoms with Gasteiger partial charge in [0.1, 0.15) is 17.5 Å². The summed E-state index contributed by atoms with van der Waals surface area (Å²) in [5.74, 6) is 1.80. The molecule has 8 heteroatoms. The van der Waals surface area contributed by atoms with Crippen LogP contribution in [0.4, 0.5) is 0 Å². The van der Waals surface area contributed by atoms with Crippen molar-refractivity contribution in [3.05, 3.63) is 48.3 Å². The van der Waals surface area contributed by atoms with Crippen LogP contribution in [0.5, 0.6) is 17.5 Å². The molecule has 2 aliphatic carbocycles. The summed E-state index contributed by atoms with van der Waals surface area (Å²) >= 11 is 0. The molecule has 2 heterocycles. The van der Waals surface area contributed by atoms with Crippen LogP contribution < -0.4 is 44.1 Å². The Balaban J connectivity index is 0.00000192. The summed E-state index contributed by atoms with van der Waals surface area (Å²) in [5.41, 5.74) is 1.77. The quantitative estimate of drug-likeness (QED) is 0.553. The summed E-state index contributed by atoms with van der Waals surface area (Å²) < 4.78 is 16.5. The summed E-state index contributed by atoms with van der Waals surface area (Å²) in [6.45, 7) is 0. The molecule has 0 unspecified atom stereocenters. The summed E-state index contributed by atoms with van der Waals surface area (Å²) in [5, 5.41) is 14.4. The minimum Gasteiger partial charge on any atom is -0.856 e. The zero-order chi connectivity index (χ0) is 18.2. The SMILES string of the molecule is [Na+].[O-]c1cc(-c2cnc(O[C@H]3C[C@@H](c4ccc(OC5CC5)cc4)C3)cn2)on1. The van der Waals surface area contributed by atoms with E-state index in [1.165, 1.54) is 30.7 Å². The number of nitrogens with zero attached hydrogens (tertiary/aromatic N) is 3. The van der Waals surface area contributed by atoms with Gasteiger partial charge in [0.2, 0.25) is 5.88 Å². The minimum atomic E-state index is -0.431. The molecule has 0 radical (unpaired) electrons. The Morgan fingerprint density at radius 2 is 1.75 bits per heavy atom. The van der Waals surface area contributed by atoms with E-state index in [2.05, 4.69) is 39.4 Å². The van der Waals surface area contributed by atoms with E-state index < -0.39 is 5.88 Å². The van der Waals surface area contributed by atoms with Crippen molar-refractivity contribution in [1.29, 1.82) is 0 Å². The normalized spacial score (nSPS) is 20.7. The molecule has 5 rings (SSSR count). The van der Waals surface area contributed by atoms with Gasteiger partial charge in [0.15, 0.2) is 5.76 Å². The second-order valence-electron chi connectivity index (χ2n) is 7.06. The van der Waals surface area contributed by atoms with Crippen LogP contribution >= 0.6 is 0 Å². The fraction of sp³-hybridized carbons (Fsp3) is 0.350. The first-order valence-electron chi connectivity index (χ1n) is 9.12. The largest absolute Gasteiger partial charge is 1.00 e. The molecule has 0 amide bonds. The van der Waals surface area contributed by atoms with Crippen molar-refractivity contribution in [3.63, 3.8) is 0 Å². The van der Waals surface area contributed by atoms with Gasteiger partial charge in [-0.2, -0.15) is 0 Å². The number of hydrogen-bond donors (Lipinski definition) is 0. The second kappa shape index (κ2) is 8.11. The maximum atomic E-state index is 11.1. The van der Waals surface area contributed by atoms with Gasteiger partial charge < -0.3 is 19.1 Å². The fourth-order valence-corrected chi connectivity index (χ4v) is 3.19. The first-order valence-corrected chi connectivity index (χ1v) is 9.12. The molecule has 138 valence electrons. The Labute approximate surface area is 184 Å². The molecule has 0 bridgehead atoms. The van der Waals surface area contributed by atoms with Gasteiger partial charge in [0, 0.05) is 11.9 Å². The third-order valence-corrected chi connectivity index (χ3v) is 4.93. The van der Waals surface area contributed by atoms with Crippen molar-refractivity contribution < 1.29 is 48.7 Å². The first-order chi connectivity index (χ1) is 13.2. The van der Waals surface area contributed by atoms with Crippen LogP contribution in [0.15, 0.2) is 47.2 Å². The molecule has 28 heavy (non-hydrogen) atoms. The predicted molar refractivity (Wildman–Crippen MR) is 93.5 cm³/mol. The van der Waals surface area contributed by atoms with Crippen LogP contribution in [-0.4, -0.2) is 27.3 Å². The maximum absolute atomic E-state index is 11.1. The first kappa shape index (κ1) is 19.2. The van der Waals surface area contributed by atoms with Gasteiger partial charge in [0.05, 0.1) is 18.5 Å². The predicted octanol–water partition coefficient (Wildman–Crippen LogP) is 0.0754. The molecule has 0 spiro atoms. The minimum absolute atomic E-state index is 0. The number of benzene rings is 1. The number of hydrogen-bond acceptors (Lipinski definition) is 7. The zero-order valence-electron chi connectivity index (χ0n) is 15.6. The third-order valence-electron chi connectivity index (χ3n) is 4.93. The Bertz CT molecular complexity index is 919. The number of aromatic nitrogens is 3. The van der Waals surface area contributed by atoms with Gasteiger partial charge in [-0.05, 0) is 49.3 Å². The van der Waals surface area contributed by atoms with E-state index in [9.17, 15) is 5.11 Å². The van der Waals surface area contributed by atoms with Crippen LogP contribution in [0.2, 0.25) is 0 Å². The van der Waals surface area contributed by atoms with Crippen molar-refractivity contribution in [1.82, 2.24) is 15.1 Å². The molecular formula is C20H18N3NaO4. The van der Waals surface area contributed by atoms with E-state index in [4.69, 9.17) is 14.0 Å². The molecule has 0 aliphatic heterocycles.